The van der Waals surface area contributed by atoms with Gasteiger partial charge in [0.05, 0.1) is 7.11 Å². The zero-order valence-corrected chi connectivity index (χ0v) is 18.6. The van der Waals surface area contributed by atoms with E-state index >= 15 is 0 Å². The topological polar surface area (TPSA) is 53.9 Å². The number of aryl methyl sites for hydroxylation is 1. The summed E-state index contributed by atoms with van der Waals surface area (Å²) in [6, 6.07) is 10.4. The van der Waals surface area contributed by atoms with Gasteiger partial charge in [0.2, 0.25) is 5.91 Å². The maximum atomic E-state index is 12.3. The first kappa shape index (κ1) is 22.6. The van der Waals surface area contributed by atoms with Crippen molar-refractivity contribution in [2.24, 2.45) is 4.99 Å². The lowest BCUT2D eigenvalue weighted by Crippen LogP contribution is -2.24. The highest BCUT2D eigenvalue weighted by atomic mass is 16.5. The minimum absolute atomic E-state index is 0.0466. The summed E-state index contributed by atoms with van der Waals surface area (Å²) in [5.74, 6) is 0.811. The van der Waals surface area contributed by atoms with Gasteiger partial charge < -0.3 is 15.0 Å². The number of nitrogens with one attached hydrogen (secondary N) is 1. The minimum atomic E-state index is -0.0466. The molecule has 0 aliphatic carbocycles. The largest absolute Gasteiger partial charge is 0.497 e. The van der Waals surface area contributed by atoms with Crippen molar-refractivity contribution in [1.29, 1.82) is 0 Å². The Hall–Kier alpha value is -3.08. The van der Waals surface area contributed by atoms with Gasteiger partial charge in [-0.25, -0.2) is 0 Å². The van der Waals surface area contributed by atoms with Gasteiger partial charge in [-0.05, 0) is 71.9 Å². The Morgan fingerprint density at radius 1 is 1.23 bits per heavy atom. The van der Waals surface area contributed by atoms with Crippen molar-refractivity contribution in [3.8, 4) is 5.75 Å². The summed E-state index contributed by atoms with van der Waals surface area (Å²) in [7, 11) is 1.69. The lowest BCUT2D eigenvalue weighted by atomic mass is 9.94. The van der Waals surface area contributed by atoms with E-state index in [4.69, 9.17) is 4.74 Å². The minimum Gasteiger partial charge on any atom is -0.497 e. The smallest absolute Gasteiger partial charge is 0.243 e. The zero-order chi connectivity index (χ0) is 21.9. The summed E-state index contributed by atoms with van der Waals surface area (Å²) in [6.07, 6.45) is 14.6. The lowest BCUT2D eigenvalue weighted by molar-refractivity contribution is -0.116. The first-order valence-electron chi connectivity index (χ1n) is 11.2. The molecule has 0 unspecified atom stereocenters. The molecule has 3 rings (SSSR count). The van der Waals surface area contributed by atoms with Gasteiger partial charge in [-0.15, -0.1) is 0 Å². The second-order valence-electron chi connectivity index (χ2n) is 7.78. The van der Waals surface area contributed by atoms with Crippen LogP contribution in [0.3, 0.4) is 0 Å². The maximum absolute atomic E-state index is 12.3. The predicted octanol–water partition coefficient (Wildman–Crippen LogP) is 4.96. The van der Waals surface area contributed by atoms with Crippen LogP contribution in [0.2, 0.25) is 0 Å². The van der Waals surface area contributed by atoms with Gasteiger partial charge in [0.25, 0.3) is 0 Å². The first-order chi connectivity index (χ1) is 15.2. The van der Waals surface area contributed by atoms with Crippen LogP contribution in [0.5, 0.6) is 5.75 Å². The van der Waals surface area contributed by atoms with Crippen molar-refractivity contribution in [1.82, 2.24) is 10.2 Å². The molecule has 1 heterocycles. The van der Waals surface area contributed by atoms with E-state index in [1.165, 1.54) is 16.3 Å². The van der Waals surface area contributed by atoms with Crippen molar-refractivity contribution in [2.75, 3.05) is 26.9 Å². The van der Waals surface area contributed by atoms with Crippen LogP contribution < -0.4 is 10.1 Å². The normalized spacial score (nSPS) is 13.3. The molecule has 2 aromatic carbocycles. The fraction of sp³-hybridized carbons (Fsp3) is 0.385. The second-order valence-corrected chi connectivity index (χ2v) is 7.78. The van der Waals surface area contributed by atoms with Gasteiger partial charge in [0, 0.05) is 31.6 Å². The molecule has 0 atom stereocenters. The second kappa shape index (κ2) is 11.9. The van der Waals surface area contributed by atoms with Crippen LogP contribution in [0.4, 0.5) is 0 Å². The SMILES string of the molecule is CCCCc1c(/C=C/C(=O)NCCCCN2C=CC=NC2)ccc2ccc(OC)cc12. The van der Waals surface area contributed by atoms with E-state index in [2.05, 4.69) is 52.6 Å². The number of carbonyl (C=O) groups is 1. The predicted molar refractivity (Wildman–Crippen MR) is 130 cm³/mol. The Morgan fingerprint density at radius 3 is 2.87 bits per heavy atom. The van der Waals surface area contributed by atoms with Crippen molar-refractivity contribution in [3.63, 3.8) is 0 Å². The van der Waals surface area contributed by atoms with E-state index in [9.17, 15) is 4.79 Å². The zero-order valence-electron chi connectivity index (χ0n) is 18.6. The maximum Gasteiger partial charge on any atom is 0.243 e. The van der Waals surface area contributed by atoms with Crippen LogP contribution >= 0.6 is 0 Å². The number of benzene rings is 2. The van der Waals surface area contributed by atoms with E-state index in [-0.39, 0.29) is 5.91 Å². The van der Waals surface area contributed by atoms with Crippen LogP contribution in [0.1, 0.15) is 43.7 Å². The van der Waals surface area contributed by atoms with Crippen molar-refractivity contribution < 1.29 is 9.53 Å². The molecule has 1 aliphatic rings. The summed E-state index contributed by atoms with van der Waals surface area (Å²) in [6.45, 7) is 4.57. The molecule has 0 aromatic heterocycles. The van der Waals surface area contributed by atoms with Crippen molar-refractivity contribution in [3.05, 3.63) is 59.8 Å². The fourth-order valence-electron chi connectivity index (χ4n) is 3.73. The van der Waals surface area contributed by atoms with Crippen LogP contribution in [-0.2, 0) is 11.2 Å². The van der Waals surface area contributed by atoms with Gasteiger partial charge in [0.15, 0.2) is 0 Å². The number of nitrogens with zero attached hydrogens (tertiary/aromatic N) is 2. The Balaban J connectivity index is 1.58. The number of hydrogen-bond acceptors (Lipinski definition) is 4. The third-order valence-corrected chi connectivity index (χ3v) is 5.49. The van der Waals surface area contributed by atoms with Gasteiger partial charge in [-0.1, -0.05) is 31.5 Å². The van der Waals surface area contributed by atoms with Gasteiger partial charge in [-0.2, -0.15) is 0 Å². The molecule has 0 saturated heterocycles. The van der Waals surface area contributed by atoms with E-state index in [1.54, 1.807) is 13.2 Å². The fourth-order valence-corrected chi connectivity index (χ4v) is 3.73. The number of ether oxygens (including phenoxy) is 1. The number of carbonyl (C=O) groups excluding carboxylic acids is 1. The van der Waals surface area contributed by atoms with Gasteiger partial charge in [0.1, 0.15) is 12.4 Å². The lowest BCUT2D eigenvalue weighted by Gasteiger charge is -2.19. The van der Waals surface area contributed by atoms with Crippen LogP contribution in [-0.4, -0.2) is 43.9 Å². The number of amides is 1. The first-order valence-corrected chi connectivity index (χ1v) is 11.2. The number of hydrogen-bond donors (Lipinski definition) is 1. The molecule has 1 aliphatic heterocycles. The molecule has 0 fully saturated rings. The molecule has 1 N–H and O–H groups in total. The number of fused-ring (bicyclic) bond motifs is 1. The number of rotatable bonds is 11. The summed E-state index contributed by atoms with van der Waals surface area (Å²) in [5, 5.41) is 5.39. The molecule has 0 spiro atoms. The number of unbranched alkanes of at least 4 members (excludes halogenated alkanes) is 2. The molecule has 2 aromatic rings. The quantitative estimate of drug-likeness (QED) is 0.414. The Kier molecular flexibility index (Phi) is 8.71. The summed E-state index contributed by atoms with van der Waals surface area (Å²) in [5.41, 5.74) is 2.38. The molecule has 164 valence electrons. The van der Waals surface area contributed by atoms with Crippen LogP contribution in [0.15, 0.2) is 53.7 Å². The van der Waals surface area contributed by atoms with Crippen LogP contribution in [0, 0.1) is 0 Å². The summed E-state index contributed by atoms with van der Waals surface area (Å²) in [4.78, 5) is 18.7. The summed E-state index contributed by atoms with van der Waals surface area (Å²) >= 11 is 0. The molecule has 0 radical (unpaired) electrons. The number of methoxy groups -OCH3 is 1. The Labute approximate surface area is 185 Å². The Bertz CT molecular complexity index is 963. The van der Waals surface area contributed by atoms with E-state index in [0.717, 1.165) is 56.6 Å². The van der Waals surface area contributed by atoms with Crippen molar-refractivity contribution >= 4 is 29.0 Å². The van der Waals surface area contributed by atoms with Gasteiger partial charge in [-0.3, -0.25) is 9.79 Å². The van der Waals surface area contributed by atoms with E-state index in [1.807, 2.05) is 24.4 Å². The van der Waals surface area contributed by atoms with Crippen molar-refractivity contribution in [2.45, 2.75) is 39.0 Å². The van der Waals surface area contributed by atoms with Gasteiger partial charge >= 0.3 is 0 Å². The molecule has 5 heteroatoms. The molecule has 31 heavy (non-hydrogen) atoms. The highest BCUT2D eigenvalue weighted by Gasteiger charge is 2.08. The third-order valence-electron chi connectivity index (χ3n) is 5.49. The van der Waals surface area contributed by atoms with Crippen LogP contribution in [0.25, 0.3) is 16.8 Å². The monoisotopic (exact) mass is 419 g/mol. The van der Waals surface area contributed by atoms with E-state index in [0.29, 0.717) is 6.54 Å². The average molecular weight is 420 g/mol. The molecular weight excluding hydrogens is 386 g/mol. The average Bonchev–Trinajstić information content (AvgIpc) is 2.81. The summed E-state index contributed by atoms with van der Waals surface area (Å²) < 4.78 is 5.43. The highest BCUT2D eigenvalue weighted by Crippen LogP contribution is 2.28. The number of aliphatic imine (C=N–C) groups is 1. The van der Waals surface area contributed by atoms with E-state index < -0.39 is 0 Å². The molecule has 0 bridgehead atoms. The standard InChI is InChI=1S/C26H33N3O2/c1-3-4-8-24-21(9-10-22-11-13-23(31-2)19-25(22)24)12-14-26(30)28-16-5-6-17-29-18-7-15-27-20-29/h7,9-15,18-19H,3-6,8,16-17,20H2,1-2H3,(H,28,30)/b14-12+. The Morgan fingerprint density at radius 2 is 2.10 bits per heavy atom. The molecule has 0 saturated carbocycles. The highest BCUT2D eigenvalue weighted by molar-refractivity contribution is 5.94. The molecule has 5 nitrogen and oxygen atoms in total. The third kappa shape index (κ3) is 6.71. The molecule has 1 amide bonds. The number of allylic oxidation sites excluding steroid dienone is 1. The molecular formula is C26H33N3O2.